The van der Waals surface area contributed by atoms with Crippen molar-refractivity contribution in [3.63, 3.8) is 0 Å². The summed E-state index contributed by atoms with van der Waals surface area (Å²) in [4.78, 5) is 9.08. The van der Waals surface area contributed by atoms with E-state index in [1.807, 2.05) is 53.0 Å². The first kappa shape index (κ1) is 24.3. The van der Waals surface area contributed by atoms with Crippen molar-refractivity contribution < 1.29 is 13.9 Å². The number of rotatable bonds is 9. The van der Waals surface area contributed by atoms with Gasteiger partial charge in [-0.15, -0.1) is 5.10 Å². The van der Waals surface area contributed by atoms with Gasteiger partial charge in [0, 0.05) is 67.5 Å². The maximum atomic E-state index is 10.8. The van der Waals surface area contributed by atoms with Gasteiger partial charge in [-0.3, -0.25) is 9.11 Å². The molecule has 188 valence electrons. The first-order valence-corrected chi connectivity index (χ1v) is 12.9. The van der Waals surface area contributed by atoms with Crippen LogP contribution in [0, 0.1) is 0 Å². The van der Waals surface area contributed by atoms with Crippen LogP contribution in [-0.2, 0) is 17.8 Å². The largest absolute Gasteiger partial charge is 0.760 e. The number of piperazine rings is 1. The quantitative estimate of drug-likeness (QED) is 0.295. The van der Waals surface area contributed by atoms with Crippen molar-refractivity contribution in [2.75, 3.05) is 49.5 Å². The highest BCUT2D eigenvalue weighted by Gasteiger charge is 2.16. The van der Waals surface area contributed by atoms with E-state index in [2.05, 4.69) is 37.0 Å². The third-order valence-electron chi connectivity index (χ3n) is 6.29. The van der Waals surface area contributed by atoms with Gasteiger partial charge in [0.1, 0.15) is 0 Å². The summed E-state index contributed by atoms with van der Waals surface area (Å²) < 4.78 is 25.9. The Labute approximate surface area is 212 Å². The van der Waals surface area contributed by atoms with Crippen LogP contribution in [0.25, 0.3) is 16.8 Å². The van der Waals surface area contributed by atoms with Gasteiger partial charge in [0.25, 0.3) is 0 Å². The second-order valence-electron chi connectivity index (χ2n) is 8.62. The van der Waals surface area contributed by atoms with Crippen molar-refractivity contribution in [3.05, 3.63) is 72.4 Å². The molecule has 1 aliphatic rings. The maximum Gasteiger partial charge on any atom is 0.245 e. The summed E-state index contributed by atoms with van der Waals surface area (Å²) in [6.45, 7) is 4.94. The molecule has 1 fully saturated rings. The Kier molecular flexibility index (Phi) is 7.54. The van der Waals surface area contributed by atoms with Crippen LogP contribution in [0.3, 0.4) is 0 Å². The molecule has 0 saturated carbocycles. The van der Waals surface area contributed by atoms with Gasteiger partial charge in [0.05, 0.1) is 24.0 Å². The molecule has 1 aliphatic heterocycles. The first-order valence-electron chi connectivity index (χ1n) is 11.8. The Bertz CT molecular complexity index is 1340. The molecule has 0 radical (unpaired) electrons. The fourth-order valence-electron chi connectivity index (χ4n) is 4.42. The van der Waals surface area contributed by atoms with E-state index < -0.39 is 11.3 Å². The Balaban J connectivity index is 1.30. The van der Waals surface area contributed by atoms with Crippen LogP contribution < -0.4 is 14.9 Å². The van der Waals surface area contributed by atoms with E-state index in [1.54, 1.807) is 6.20 Å². The van der Waals surface area contributed by atoms with Crippen LogP contribution in [0.15, 0.2) is 66.9 Å². The average Bonchev–Trinajstić information content (AvgIpc) is 3.32. The fourth-order valence-corrected chi connectivity index (χ4v) is 4.70. The van der Waals surface area contributed by atoms with Gasteiger partial charge in [-0.25, -0.2) is 14.2 Å². The zero-order valence-corrected chi connectivity index (χ0v) is 20.5. The molecule has 0 aliphatic carbocycles. The second kappa shape index (κ2) is 11.1. The van der Waals surface area contributed by atoms with E-state index in [0.29, 0.717) is 5.95 Å². The summed E-state index contributed by atoms with van der Waals surface area (Å²) in [5, 5.41) is 17.1. The molecule has 0 spiro atoms. The molecule has 3 N–H and O–H groups in total. The average molecular weight is 507 g/mol. The topological polar surface area (TPSA) is 121 Å². The van der Waals surface area contributed by atoms with Crippen LogP contribution in [-0.4, -0.2) is 72.7 Å². The van der Waals surface area contributed by atoms with Crippen molar-refractivity contribution in [1.82, 2.24) is 24.2 Å². The molecule has 0 amide bonds. The summed E-state index contributed by atoms with van der Waals surface area (Å²) in [6, 6.07) is 19.8. The van der Waals surface area contributed by atoms with Crippen LogP contribution in [0.1, 0.15) is 5.56 Å². The predicted octanol–water partition coefficient (Wildman–Crippen LogP) is 2.14. The minimum absolute atomic E-state index is 0.203. The third-order valence-corrected chi connectivity index (χ3v) is 6.67. The molecule has 1 atom stereocenters. The molecular weight excluding hydrogens is 478 g/mol. The first-order chi connectivity index (χ1) is 17.6. The van der Waals surface area contributed by atoms with Crippen molar-refractivity contribution in [3.8, 4) is 11.3 Å². The third kappa shape index (κ3) is 5.72. The minimum Gasteiger partial charge on any atom is -0.760 e. The molecule has 36 heavy (non-hydrogen) atoms. The molecule has 2 aromatic carbocycles. The van der Waals surface area contributed by atoms with E-state index in [-0.39, 0.29) is 13.2 Å². The van der Waals surface area contributed by atoms with E-state index in [1.165, 1.54) is 5.69 Å². The molecule has 2 aromatic heterocycles. The van der Waals surface area contributed by atoms with Gasteiger partial charge < -0.3 is 19.9 Å². The molecule has 11 heteroatoms. The van der Waals surface area contributed by atoms with E-state index in [0.717, 1.165) is 60.7 Å². The number of benzene rings is 2. The van der Waals surface area contributed by atoms with Crippen LogP contribution >= 0.6 is 0 Å². The number of nitrogens with zero attached hydrogens (tertiary/aromatic N) is 5. The smallest absolute Gasteiger partial charge is 0.245 e. The normalized spacial score (nSPS) is 15.3. The number of aromatic nitrogens is 3. The van der Waals surface area contributed by atoms with Crippen molar-refractivity contribution in [1.29, 1.82) is 0 Å². The van der Waals surface area contributed by atoms with Gasteiger partial charge in [-0.05, 0) is 48.0 Å². The van der Waals surface area contributed by atoms with Gasteiger partial charge in [0.2, 0.25) is 5.95 Å². The zero-order chi connectivity index (χ0) is 24.9. The SMILES string of the molecule is O=S([O-])NCc1cccc(-c2ccc3cnc(Nc4ccc(N5CCN(CCO)CC5)cc4)nn23)c1. The molecule has 3 heterocycles. The Hall–Kier alpha value is -3.35. The lowest BCUT2D eigenvalue weighted by Crippen LogP contribution is -2.47. The van der Waals surface area contributed by atoms with Crippen molar-refractivity contribution in [2.24, 2.45) is 0 Å². The zero-order valence-electron chi connectivity index (χ0n) is 19.7. The Morgan fingerprint density at radius 3 is 2.58 bits per heavy atom. The number of aliphatic hydroxyl groups excluding tert-OH is 1. The molecular formula is C25H28N7O3S-. The fraction of sp³-hybridized carbons (Fsp3) is 0.280. The highest BCUT2D eigenvalue weighted by molar-refractivity contribution is 7.77. The van der Waals surface area contributed by atoms with Gasteiger partial charge in [-0.1, -0.05) is 18.2 Å². The molecule has 5 rings (SSSR count). The Morgan fingerprint density at radius 1 is 1.03 bits per heavy atom. The lowest BCUT2D eigenvalue weighted by molar-refractivity contribution is 0.189. The number of hydrogen-bond acceptors (Lipinski definition) is 8. The van der Waals surface area contributed by atoms with Gasteiger partial charge >= 0.3 is 0 Å². The van der Waals surface area contributed by atoms with Crippen molar-refractivity contribution >= 4 is 34.1 Å². The van der Waals surface area contributed by atoms with E-state index in [9.17, 15) is 8.76 Å². The highest BCUT2D eigenvalue weighted by atomic mass is 32.2. The van der Waals surface area contributed by atoms with Crippen LogP contribution in [0.2, 0.25) is 0 Å². The van der Waals surface area contributed by atoms with E-state index in [4.69, 9.17) is 10.2 Å². The Morgan fingerprint density at radius 2 is 1.83 bits per heavy atom. The molecule has 0 bridgehead atoms. The number of aliphatic hydroxyl groups is 1. The molecule has 1 unspecified atom stereocenters. The number of nitrogens with one attached hydrogen (secondary N) is 2. The molecule has 1 saturated heterocycles. The number of hydrogen-bond donors (Lipinski definition) is 3. The van der Waals surface area contributed by atoms with Gasteiger partial charge in [0.15, 0.2) is 0 Å². The molecule has 4 aromatic rings. The van der Waals surface area contributed by atoms with Crippen LogP contribution in [0.4, 0.5) is 17.3 Å². The second-order valence-corrected chi connectivity index (χ2v) is 9.38. The number of β-amino-alcohol motifs (C(OH)–C–C–N with tert-alkyl or cyclic N) is 1. The van der Waals surface area contributed by atoms with Crippen molar-refractivity contribution in [2.45, 2.75) is 6.54 Å². The standard InChI is InChI=1S/C25H29N7O3S/c33-15-14-30-10-12-31(13-11-30)22-6-4-21(5-7-22)28-25-26-18-23-8-9-24(32(23)29-25)20-3-1-2-19(16-20)17-27-36(34)35/h1-9,16,18,27,33H,10-15,17H2,(H,28,29)(H,34,35)/p-1. The summed E-state index contributed by atoms with van der Waals surface area (Å²) in [5.41, 5.74) is 5.59. The lowest BCUT2D eigenvalue weighted by atomic mass is 10.1. The molecule has 10 nitrogen and oxygen atoms in total. The summed E-state index contributed by atoms with van der Waals surface area (Å²) in [7, 11) is 0. The predicted molar refractivity (Wildman–Crippen MR) is 140 cm³/mol. The number of fused-ring (bicyclic) bond motifs is 1. The number of anilines is 3. The monoisotopic (exact) mass is 506 g/mol. The van der Waals surface area contributed by atoms with Crippen LogP contribution in [0.5, 0.6) is 0 Å². The van der Waals surface area contributed by atoms with Gasteiger partial charge in [-0.2, -0.15) is 0 Å². The van der Waals surface area contributed by atoms with E-state index >= 15 is 0 Å². The summed E-state index contributed by atoms with van der Waals surface area (Å²) in [6.07, 6.45) is 1.77. The maximum absolute atomic E-state index is 10.8. The summed E-state index contributed by atoms with van der Waals surface area (Å²) >= 11 is -2.31. The summed E-state index contributed by atoms with van der Waals surface area (Å²) in [5.74, 6) is 0.477. The minimum atomic E-state index is -2.31. The highest BCUT2D eigenvalue weighted by Crippen LogP contribution is 2.25. The lowest BCUT2D eigenvalue weighted by Gasteiger charge is -2.35.